The fraction of sp³-hybridized carbons (Fsp3) is 0.435. The highest BCUT2D eigenvalue weighted by atomic mass is 31.1. The van der Waals surface area contributed by atoms with Gasteiger partial charge < -0.3 is 4.74 Å². The molecule has 2 aromatic rings. The molecule has 26 heavy (non-hydrogen) atoms. The minimum absolute atomic E-state index is 0.00180. The molecule has 1 saturated heterocycles. The van der Waals surface area contributed by atoms with Gasteiger partial charge in [0.2, 0.25) is 0 Å². The zero-order valence-corrected chi connectivity index (χ0v) is 17.6. The number of benzene rings is 2. The maximum atomic E-state index is 12.3. The van der Waals surface area contributed by atoms with Crippen LogP contribution in [0.3, 0.4) is 0 Å². The average molecular weight is 368 g/mol. The van der Waals surface area contributed by atoms with Gasteiger partial charge in [-0.05, 0) is 51.4 Å². The first kappa shape index (κ1) is 19.1. The second kappa shape index (κ2) is 6.82. The van der Waals surface area contributed by atoms with E-state index in [1.54, 1.807) is 7.11 Å². The lowest BCUT2D eigenvalue weighted by Crippen LogP contribution is -2.43. The molecule has 1 aliphatic rings. The van der Waals surface area contributed by atoms with E-state index >= 15 is 0 Å². The number of Topliss-reactive ketones (excluding diaryl/α,β-unsaturated/α-hetero) is 1. The van der Waals surface area contributed by atoms with Gasteiger partial charge in [0.25, 0.3) is 0 Å². The lowest BCUT2D eigenvalue weighted by Gasteiger charge is -2.49. The number of aryl methyl sites for hydroxylation is 1. The third-order valence-corrected chi connectivity index (χ3v) is 8.82. The molecule has 2 nitrogen and oxygen atoms in total. The third kappa shape index (κ3) is 3.58. The Balaban J connectivity index is 2.19. The van der Waals surface area contributed by atoms with E-state index in [4.69, 9.17) is 4.74 Å². The van der Waals surface area contributed by atoms with E-state index in [1.807, 2.05) is 0 Å². The highest BCUT2D eigenvalue weighted by Gasteiger charge is 2.48. The topological polar surface area (TPSA) is 26.3 Å². The van der Waals surface area contributed by atoms with Gasteiger partial charge in [-0.2, -0.15) is 0 Å². The van der Waals surface area contributed by atoms with Crippen molar-refractivity contribution < 1.29 is 9.53 Å². The standard InChI is InChI=1S/C23H29O2P/c1-16-11-17(13-19(12-16)25-6)20-9-7-8-10-21(20)26-22(2,3)14-18(24)15-23(26,4)5/h7-13H,14-15H2,1-6H3. The van der Waals surface area contributed by atoms with Gasteiger partial charge in [-0.25, -0.2) is 0 Å². The maximum Gasteiger partial charge on any atom is 0.134 e. The van der Waals surface area contributed by atoms with Crippen LogP contribution in [-0.4, -0.2) is 23.2 Å². The Labute approximate surface area is 158 Å². The minimum Gasteiger partial charge on any atom is -0.497 e. The molecule has 0 spiro atoms. The molecule has 138 valence electrons. The number of carbonyl (C=O) groups is 1. The predicted molar refractivity (Wildman–Crippen MR) is 112 cm³/mol. The van der Waals surface area contributed by atoms with Gasteiger partial charge in [-0.3, -0.25) is 4.79 Å². The number of hydrogen-bond donors (Lipinski definition) is 0. The molecule has 0 bridgehead atoms. The van der Waals surface area contributed by atoms with Crippen LogP contribution in [0.2, 0.25) is 0 Å². The van der Waals surface area contributed by atoms with Gasteiger partial charge in [0.1, 0.15) is 11.5 Å². The van der Waals surface area contributed by atoms with Crippen LogP contribution in [0.25, 0.3) is 11.1 Å². The fourth-order valence-electron chi connectivity index (χ4n) is 4.59. The molecule has 0 N–H and O–H groups in total. The zero-order chi connectivity index (χ0) is 19.1. The first-order chi connectivity index (χ1) is 12.1. The van der Waals surface area contributed by atoms with Crippen LogP contribution in [0, 0.1) is 6.92 Å². The fourth-order valence-corrected chi connectivity index (χ4v) is 8.88. The van der Waals surface area contributed by atoms with Crippen LogP contribution < -0.4 is 10.0 Å². The van der Waals surface area contributed by atoms with Crippen LogP contribution >= 0.6 is 7.92 Å². The summed E-state index contributed by atoms with van der Waals surface area (Å²) in [6, 6.07) is 15.1. The molecule has 2 aromatic carbocycles. The molecule has 0 radical (unpaired) electrons. The summed E-state index contributed by atoms with van der Waals surface area (Å²) in [6.45, 7) is 11.2. The number of carbonyl (C=O) groups excluding carboxylic acids is 1. The average Bonchev–Trinajstić information content (AvgIpc) is 2.51. The molecule has 1 heterocycles. The van der Waals surface area contributed by atoms with Crippen molar-refractivity contribution in [3.8, 4) is 16.9 Å². The van der Waals surface area contributed by atoms with Gasteiger partial charge in [-0.1, -0.05) is 65.9 Å². The second-order valence-corrected chi connectivity index (χ2v) is 12.2. The molecule has 3 heteroatoms. The van der Waals surface area contributed by atoms with Gasteiger partial charge in [0.15, 0.2) is 0 Å². The van der Waals surface area contributed by atoms with E-state index in [0.717, 1.165) is 5.75 Å². The normalized spacial score (nSPS) is 19.4. The monoisotopic (exact) mass is 368 g/mol. The molecule has 0 saturated carbocycles. The summed E-state index contributed by atoms with van der Waals surface area (Å²) < 4.78 is 5.50. The van der Waals surface area contributed by atoms with Crippen molar-refractivity contribution in [3.63, 3.8) is 0 Å². The van der Waals surface area contributed by atoms with E-state index < -0.39 is 7.92 Å². The molecule has 1 aliphatic heterocycles. The summed E-state index contributed by atoms with van der Waals surface area (Å²) in [5, 5.41) is 1.40. The Morgan fingerprint density at radius 1 is 0.962 bits per heavy atom. The summed E-state index contributed by atoms with van der Waals surface area (Å²) in [4.78, 5) is 12.3. The van der Waals surface area contributed by atoms with Gasteiger partial charge >= 0.3 is 0 Å². The Morgan fingerprint density at radius 2 is 1.58 bits per heavy atom. The second-order valence-electron chi connectivity index (χ2n) is 8.61. The highest BCUT2D eigenvalue weighted by molar-refractivity contribution is 7.69. The molecule has 0 atom stereocenters. The van der Waals surface area contributed by atoms with E-state index in [0.29, 0.717) is 18.6 Å². The third-order valence-electron chi connectivity index (χ3n) is 5.21. The van der Waals surface area contributed by atoms with Crippen molar-refractivity contribution in [3.05, 3.63) is 48.0 Å². The molecule has 1 fully saturated rings. The van der Waals surface area contributed by atoms with Crippen LogP contribution in [0.4, 0.5) is 0 Å². The summed E-state index contributed by atoms with van der Waals surface area (Å²) in [5.74, 6) is 1.29. The number of ketones is 1. The Bertz CT molecular complexity index is 816. The predicted octanol–water partition coefficient (Wildman–Crippen LogP) is 5.70. The van der Waals surface area contributed by atoms with Crippen molar-refractivity contribution in [2.45, 2.75) is 57.8 Å². The molecule has 0 aromatic heterocycles. The zero-order valence-electron chi connectivity index (χ0n) is 16.7. The van der Waals surface area contributed by atoms with Crippen molar-refractivity contribution in [2.75, 3.05) is 7.11 Å². The quantitative estimate of drug-likeness (QED) is 0.650. The van der Waals surface area contributed by atoms with Crippen molar-refractivity contribution >= 4 is 19.0 Å². The van der Waals surface area contributed by atoms with Crippen LogP contribution in [-0.2, 0) is 4.79 Å². The van der Waals surface area contributed by atoms with Crippen LogP contribution in [0.5, 0.6) is 5.75 Å². The Hall–Kier alpha value is -1.66. The van der Waals surface area contributed by atoms with E-state index in [1.165, 1.54) is 22.0 Å². The lowest BCUT2D eigenvalue weighted by atomic mass is 9.96. The van der Waals surface area contributed by atoms with Gasteiger partial charge in [0, 0.05) is 12.8 Å². The molecule has 0 aliphatic carbocycles. The smallest absolute Gasteiger partial charge is 0.134 e. The maximum absolute atomic E-state index is 12.3. The largest absolute Gasteiger partial charge is 0.497 e. The van der Waals surface area contributed by atoms with Crippen molar-refractivity contribution in [1.82, 2.24) is 0 Å². The Morgan fingerprint density at radius 3 is 2.19 bits per heavy atom. The summed E-state index contributed by atoms with van der Waals surface area (Å²) in [5.41, 5.74) is 3.67. The van der Waals surface area contributed by atoms with Gasteiger partial charge in [0.05, 0.1) is 7.11 Å². The van der Waals surface area contributed by atoms with E-state index in [-0.39, 0.29) is 10.3 Å². The summed E-state index contributed by atoms with van der Waals surface area (Å²) in [7, 11) is 1.21. The highest BCUT2D eigenvalue weighted by Crippen LogP contribution is 2.65. The molecule has 0 unspecified atom stereocenters. The first-order valence-corrected chi connectivity index (χ1v) is 10.6. The van der Waals surface area contributed by atoms with E-state index in [9.17, 15) is 4.79 Å². The summed E-state index contributed by atoms with van der Waals surface area (Å²) in [6.07, 6.45) is 1.35. The lowest BCUT2D eigenvalue weighted by molar-refractivity contribution is -0.120. The molecule has 3 rings (SSSR count). The Kier molecular flexibility index (Phi) is 5.01. The van der Waals surface area contributed by atoms with Crippen LogP contribution in [0.1, 0.15) is 46.1 Å². The molecular weight excluding hydrogens is 339 g/mol. The molecule has 0 amide bonds. The minimum atomic E-state index is -0.510. The molecular formula is C23H29O2P. The van der Waals surface area contributed by atoms with Crippen molar-refractivity contribution in [1.29, 1.82) is 0 Å². The van der Waals surface area contributed by atoms with E-state index in [2.05, 4.69) is 77.1 Å². The van der Waals surface area contributed by atoms with Gasteiger partial charge in [-0.15, -0.1) is 0 Å². The number of hydrogen-bond acceptors (Lipinski definition) is 2. The number of rotatable bonds is 3. The summed E-state index contributed by atoms with van der Waals surface area (Å²) >= 11 is 0. The SMILES string of the molecule is COc1cc(C)cc(-c2ccccc2P2C(C)(C)CC(=O)CC2(C)C)c1. The van der Waals surface area contributed by atoms with Crippen molar-refractivity contribution in [2.24, 2.45) is 0 Å². The van der Waals surface area contributed by atoms with Crippen LogP contribution in [0.15, 0.2) is 42.5 Å². The first-order valence-electron chi connectivity index (χ1n) is 9.21. The number of methoxy groups -OCH3 is 1. The number of ether oxygens (including phenoxy) is 1.